The quantitative estimate of drug-likeness (QED) is 0.485. The Hall–Kier alpha value is -2.32. The Morgan fingerprint density at radius 2 is 2.09 bits per heavy atom. The maximum Gasteiger partial charge on any atom is 0.264 e. The number of rotatable bonds is 5. The van der Waals surface area contributed by atoms with E-state index < -0.39 is 0 Å². The summed E-state index contributed by atoms with van der Waals surface area (Å²) in [5, 5.41) is 12.5. The van der Waals surface area contributed by atoms with E-state index in [4.69, 9.17) is 4.74 Å². The molecule has 1 amide bonds. The Morgan fingerprint density at radius 1 is 1.35 bits per heavy atom. The Labute approximate surface area is 136 Å². The molecule has 1 aromatic heterocycles. The van der Waals surface area contributed by atoms with Gasteiger partial charge in [-0.2, -0.15) is 0 Å². The third-order valence-corrected chi connectivity index (χ3v) is 4.27. The van der Waals surface area contributed by atoms with Crippen molar-refractivity contribution in [1.82, 2.24) is 9.55 Å². The van der Waals surface area contributed by atoms with Gasteiger partial charge in [-0.15, -0.1) is 0 Å². The molecule has 8 heteroatoms. The van der Waals surface area contributed by atoms with Gasteiger partial charge in [0, 0.05) is 12.9 Å². The minimum atomic E-state index is -0.279. The van der Waals surface area contributed by atoms with Crippen LogP contribution in [0, 0.1) is 0 Å². The third-order valence-electron chi connectivity index (χ3n) is 3.37. The summed E-state index contributed by atoms with van der Waals surface area (Å²) in [6.45, 7) is 0.513. The SMILES string of the molecule is COCCSc1nc2c(c(=O)n1-c1ccc(O)cc1)CC(=O)N2. The summed E-state index contributed by atoms with van der Waals surface area (Å²) in [7, 11) is 1.60. The van der Waals surface area contributed by atoms with Gasteiger partial charge in [0.05, 0.1) is 24.3 Å². The van der Waals surface area contributed by atoms with E-state index in [9.17, 15) is 14.7 Å². The van der Waals surface area contributed by atoms with E-state index in [1.807, 2.05) is 0 Å². The first-order valence-corrected chi connectivity index (χ1v) is 7.95. The molecule has 1 aliphatic rings. The molecule has 1 aliphatic heterocycles. The molecule has 7 nitrogen and oxygen atoms in total. The molecule has 0 bridgehead atoms. The molecule has 1 aromatic carbocycles. The fourth-order valence-electron chi connectivity index (χ4n) is 2.28. The highest BCUT2D eigenvalue weighted by Gasteiger charge is 2.26. The third kappa shape index (κ3) is 3.08. The molecule has 0 saturated heterocycles. The molecule has 2 heterocycles. The molecule has 0 atom stereocenters. The number of methoxy groups -OCH3 is 1. The standard InChI is InChI=1S/C15H15N3O4S/c1-22-6-7-23-15-17-13-11(8-12(20)16-13)14(21)18(15)9-2-4-10(19)5-3-9/h2-5,19H,6-8H2,1H3,(H,16,20). The van der Waals surface area contributed by atoms with Crippen LogP contribution in [0.4, 0.5) is 5.82 Å². The number of ether oxygens (including phenoxy) is 1. The zero-order valence-corrected chi connectivity index (χ0v) is 13.2. The number of aromatic nitrogens is 2. The van der Waals surface area contributed by atoms with Gasteiger partial charge in [0.2, 0.25) is 5.91 Å². The van der Waals surface area contributed by atoms with Gasteiger partial charge >= 0.3 is 0 Å². The van der Waals surface area contributed by atoms with Crippen LogP contribution in [0.2, 0.25) is 0 Å². The molecule has 0 saturated carbocycles. The second kappa shape index (κ2) is 6.43. The van der Waals surface area contributed by atoms with Crippen molar-refractivity contribution in [3.8, 4) is 11.4 Å². The maximum atomic E-state index is 12.8. The van der Waals surface area contributed by atoms with Gasteiger partial charge in [-0.3, -0.25) is 14.2 Å². The van der Waals surface area contributed by atoms with Gasteiger partial charge in [0.25, 0.3) is 5.56 Å². The fraction of sp³-hybridized carbons (Fsp3) is 0.267. The zero-order chi connectivity index (χ0) is 16.4. The summed E-state index contributed by atoms with van der Waals surface area (Å²) in [6.07, 6.45) is 0.0300. The van der Waals surface area contributed by atoms with Crippen LogP contribution in [0.5, 0.6) is 5.75 Å². The number of aromatic hydroxyl groups is 1. The number of benzene rings is 1. The predicted octanol–water partition coefficient (Wildman–Crippen LogP) is 1.17. The summed E-state index contributed by atoms with van der Waals surface area (Å²) in [5.41, 5.74) is 0.667. The molecular formula is C15H15N3O4S. The average molecular weight is 333 g/mol. The number of carbonyl (C=O) groups is 1. The van der Waals surface area contributed by atoms with Crippen molar-refractivity contribution in [2.24, 2.45) is 0 Å². The fourth-order valence-corrected chi connectivity index (χ4v) is 3.18. The largest absolute Gasteiger partial charge is 0.508 e. The monoisotopic (exact) mass is 333 g/mol. The number of hydrogen-bond donors (Lipinski definition) is 2. The summed E-state index contributed by atoms with van der Waals surface area (Å²) < 4.78 is 6.48. The number of carbonyl (C=O) groups excluding carboxylic acids is 1. The molecule has 0 spiro atoms. The van der Waals surface area contributed by atoms with Gasteiger partial charge in [-0.1, -0.05) is 11.8 Å². The maximum absolute atomic E-state index is 12.8. The van der Waals surface area contributed by atoms with E-state index in [1.165, 1.54) is 28.5 Å². The van der Waals surface area contributed by atoms with Crippen molar-refractivity contribution in [2.45, 2.75) is 11.6 Å². The first-order valence-electron chi connectivity index (χ1n) is 6.97. The Morgan fingerprint density at radius 3 is 2.78 bits per heavy atom. The van der Waals surface area contributed by atoms with Crippen LogP contribution in [0.3, 0.4) is 0 Å². The number of thioether (sulfide) groups is 1. The molecule has 3 rings (SSSR count). The molecular weight excluding hydrogens is 318 g/mol. The van der Waals surface area contributed by atoms with E-state index in [0.29, 0.717) is 34.6 Å². The summed E-state index contributed by atoms with van der Waals surface area (Å²) in [4.78, 5) is 28.7. The average Bonchev–Trinajstić information content (AvgIpc) is 2.90. The van der Waals surface area contributed by atoms with Crippen LogP contribution in [0.25, 0.3) is 5.69 Å². The lowest BCUT2D eigenvalue weighted by Gasteiger charge is -2.13. The lowest BCUT2D eigenvalue weighted by Crippen LogP contribution is -2.24. The normalized spacial score (nSPS) is 13.0. The van der Waals surface area contributed by atoms with Crippen LogP contribution >= 0.6 is 11.8 Å². The van der Waals surface area contributed by atoms with Gasteiger partial charge < -0.3 is 15.2 Å². The van der Waals surface area contributed by atoms with Crippen molar-refractivity contribution in [3.05, 3.63) is 40.2 Å². The molecule has 120 valence electrons. The number of nitrogens with one attached hydrogen (secondary N) is 1. The Bertz CT molecular complexity index is 802. The van der Waals surface area contributed by atoms with Crippen LogP contribution in [0.15, 0.2) is 34.2 Å². The molecule has 0 aliphatic carbocycles. The molecule has 2 aromatic rings. The van der Waals surface area contributed by atoms with Crippen LogP contribution in [-0.4, -0.2) is 40.0 Å². The van der Waals surface area contributed by atoms with Crippen molar-refractivity contribution in [2.75, 3.05) is 24.8 Å². The van der Waals surface area contributed by atoms with Crippen molar-refractivity contribution in [1.29, 1.82) is 0 Å². The summed E-state index contributed by atoms with van der Waals surface area (Å²) >= 11 is 1.37. The van der Waals surface area contributed by atoms with Gasteiger partial charge in [-0.05, 0) is 24.3 Å². The highest BCUT2D eigenvalue weighted by atomic mass is 32.2. The number of hydrogen-bond acceptors (Lipinski definition) is 6. The lowest BCUT2D eigenvalue weighted by atomic mass is 10.2. The number of amides is 1. The highest BCUT2D eigenvalue weighted by molar-refractivity contribution is 7.99. The van der Waals surface area contributed by atoms with Gasteiger partial charge in [0.1, 0.15) is 11.6 Å². The van der Waals surface area contributed by atoms with E-state index in [0.717, 1.165) is 0 Å². The molecule has 23 heavy (non-hydrogen) atoms. The van der Waals surface area contributed by atoms with Gasteiger partial charge in [0.15, 0.2) is 5.16 Å². The number of nitrogens with zero attached hydrogens (tertiary/aromatic N) is 2. The van der Waals surface area contributed by atoms with Crippen molar-refractivity contribution >= 4 is 23.5 Å². The molecule has 2 N–H and O–H groups in total. The molecule has 0 fully saturated rings. The van der Waals surface area contributed by atoms with Crippen LogP contribution in [-0.2, 0) is 16.0 Å². The zero-order valence-electron chi connectivity index (χ0n) is 12.4. The Kier molecular flexibility index (Phi) is 4.35. The van der Waals surface area contributed by atoms with E-state index in [-0.39, 0.29) is 23.6 Å². The van der Waals surface area contributed by atoms with E-state index in [2.05, 4.69) is 10.3 Å². The number of anilines is 1. The highest BCUT2D eigenvalue weighted by Crippen LogP contribution is 2.25. The first-order chi connectivity index (χ1) is 11.1. The van der Waals surface area contributed by atoms with E-state index in [1.54, 1.807) is 19.2 Å². The number of phenolic OH excluding ortho intramolecular Hbond substituents is 1. The predicted molar refractivity (Wildman–Crippen MR) is 86.4 cm³/mol. The number of phenols is 1. The second-order valence-corrected chi connectivity index (χ2v) is 6.01. The summed E-state index contributed by atoms with van der Waals surface area (Å²) in [6, 6.07) is 6.27. The minimum absolute atomic E-state index is 0.0300. The summed E-state index contributed by atoms with van der Waals surface area (Å²) in [5.74, 6) is 0.825. The Balaban J connectivity index is 2.11. The number of fused-ring (bicyclic) bond motifs is 1. The minimum Gasteiger partial charge on any atom is -0.508 e. The molecule has 0 radical (unpaired) electrons. The smallest absolute Gasteiger partial charge is 0.264 e. The van der Waals surface area contributed by atoms with Crippen molar-refractivity contribution < 1.29 is 14.6 Å². The topological polar surface area (TPSA) is 93.4 Å². The lowest BCUT2D eigenvalue weighted by molar-refractivity contribution is -0.115. The van der Waals surface area contributed by atoms with Crippen molar-refractivity contribution in [3.63, 3.8) is 0 Å². The molecule has 0 unspecified atom stereocenters. The second-order valence-electron chi connectivity index (χ2n) is 4.94. The first kappa shape index (κ1) is 15.6. The van der Waals surface area contributed by atoms with Crippen LogP contribution in [0.1, 0.15) is 5.56 Å². The van der Waals surface area contributed by atoms with Crippen LogP contribution < -0.4 is 10.9 Å². The van der Waals surface area contributed by atoms with E-state index >= 15 is 0 Å². The van der Waals surface area contributed by atoms with Gasteiger partial charge in [-0.25, -0.2) is 4.98 Å².